The Kier molecular flexibility index (Phi) is 5.38. The van der Waals surface area contributed by atoms with Gasteiger partial charge >= 0.3 is 0 Å². The first-order chi connectivity index (χ1) is 13.0. The van der Waals surface area contributed by atoms with Crippen LogP contribution in [0, 0.1) is 17.3 Å². The molecule has 0 aromatic heterocycles. The minimum Gasteiger partial charge on any atom is -0.508 e. The van der Waals surface area contributed by atoms with Crippen LogP contribution in [0.1, 0.15) is 75.8 Å². The van der Waals surface area contributed by atoms with Gasteiger partial charge in [0.1, 0.15) is 5.75 Å². The second-order valence-corrected chi connectivity index (χ2v) is 9.64. The standard InChI is InChI=1S/C25H37NO/c1-4-5-15-26(3)16-13-19-7-11-24-23-9-6-18-17-20(27)8-10-21(18)22(23)12-14-25(19,24)2/h8,10,13,17,22-24,27H,4-7,9,11-12,14-16H2,1-3H3. The topological polar surface area (TPSA) is 23.5 Å². The van der Waals surface area contributed by atoms with E-state index in [1.54, 1.807) is 11.1 Å². The molecule has 2 fully saturated rings. The number of fused-ring (bicyclic) bond motifs is 5. The number of unbranched alkanes of at least 4 members (excludes halogenated alkanes) is 1. The lowest BCUT2D eigenvalue weighted by Gasteiger charge is -2.49. The van der Waals surface area contributed by atoms with E-state index in [0.717, 1.165) is 30.7 Å². The Morgan fingerprint density at radius 2 is 2.07 bits per heavy atom. The zero-order chi connectivity index (χ0) is 19.0. The van der Waals surface area contributed by atoms with Crippen LogP contribution in [0.2, 0.25) is 0 Å². The summed E-state index contributed by atoms with van der Waals surface area (Å²) < 4.78 is 0. The molecule has 4 unspecified atom stereocenters. The van der Waals surface area contributed by atoms with Crippen molar-refractivity contribution in [3.63, 3.8) is 0 Å². The Morgan fingerprint density at radius 3 is 2.89 bits per heavy atom. The summed E-state index contributed by atoms with van der Waals surface area (Å²) in [5.41, 5.74) is 5.14. The average molecular weight is 368 g/mol. The van der Waals surface area contributed by atoms with Crippen LogP contribution >= 0.6 is 0 Å². The zero-order valence-electron chi connectivity index (χ0n) is 17.5. The number of hydrogen-bond donors (Lipinski definition) is 1. The van der Waals surface area contributed by atoms with Crippen LogP contribution in [0.5, 0.6) is 5.75 Å². The van der Waals surface area contributed by atoms with Gasteiger partial charge in [-0.1, -0.05) is 38.0 Å². The highest BCUT2D eigenvalue weighted by Crippen LogP contribution is 2.62. The molecule has 1 aromatic carbocycles. The second-order valence-electron chi connectivity index (χ2n) is 9.64. The highest BCUT2D eigenvalue weighted by atomic mass is 16.3. The second kappa shape index (κ2) is 7.62. The van der Waals surface area contributed by atoms with Crippen LogP contribution in [-0.4, -0.2) is 30.1 Å². The van der Waals surface area contributed by atoms with Crippen LogP contribution in [0.4, 0.5) is 0 Å². The molecule has 3 aliphatic carbocycles. The predicted octanol–water partition coefficient (Wildman–Crippen LogP) is 5.91. The monoisotopic (exact) mass is 367 g/mol. The van der Waals surface area contributed by atoms with Gasteiger partial charge in [0, 0.05) is 6.54 Å². The van der Waals surface area contributed by atoms with Crippen LogP contribution in [0.15, 0.2) is 29.8 Å². The predicted molar refractivity (Wildman–Crippen MR) is 113 cm³/mol. The number of hydrogen-bond acceptors (Lipinski definition) is 2. The van der Waals surface area contributed by atoms with E-state index in [0.29, 0.717) is 11.2 Å². The Hall–Kier alpha value is -1.28. The Labute approximate surface area is 165 Å². The highest BCUT2D eigenvalue weighted by molar-refractivity contribution is 5.40. The summed E-state index contributed by atoms with van der Waals surface area (Å²) in [5, 5.41) is 9.86. The summed E-state index contributed by atoms with van der Waals surface area (Å²) in [6, 6.07) is 6.14. The summed E-state index contributed by atoms with van der Waals surface area (Å²) in [5.74, 6) is 2.85. The van der Waals surface area contributed by atoms with Crippen LogP contribution in [0.3, 0.4) is 0 Å². The third-order valence-electron chi connectivity index (χ3n) is 8.10. The van der Waals surface area contributed by atoms with Crippen molar-refractivity contribution in [3.8, 4) is 5.75 Å². The summed E-state index contributed by atoms with van der Waals surface area (Å²) in [6.45, 7) is 7.19. The lowest BCUT2D eigenvalue weighted by atomic mass is 9.55. The van der Waals surface area contributed by atoms with Crippen LogP contribution < -0.4 is 0 Å². The van der Waals surface area contributed by atoms with Gasteiger partial charge in [0.15, 0.2) is 0 Å². The number of phenols is 1. The van der Waals surface area contributed by atoms with Gasteiger partial charge in [-0.15, -0.1) is 0 Å². The molecule has 0 amide bonds. The minimum atomic E-state index is 0.432. The smallest absolute Gasteiger partial charge is 0.115 e. The van der Waals surface area contributed by atoms with Crippen molar-refractivity contribution < 1.29 is 5.11 Å². The molecule has 2 saturated carbocycles. The number of phenolic OH excluding ortho intramolecular Hbond substituents is 1. The van der Waals surface area contributed by atoms with Crippen molar-refractivity contribution in [3.05, 3.63) is 41.0 Å². The maximum Gasteiger partial charge on any atom is 0.115 e. The fourth-order valence-electron chi connectivity index (χ4n) is 6.54. The molecular weight excluding hydrogens is 330 g/mol. The SMILES string of the molecule is CCCCN(C)CC=C1CCC2C3CCc4cc(O)ccc4C3CCC12C. The molecule has 4 rings (SSSR count). The number of rotatable bonds is 5. The highest BCUT2D eigenvalue weighted by Gasteiger charge is 2.52. The van der Waals surface area contributed by atoms with Gasteiger partial charge in [0.25, 0.3) is 0 Å². The average Bonchev–Trinajstić information content (AvgIpc) is 3.00. The van der Waals surface area contributed by atoms with Crippen molar-refractivity contribution in [2.24, 2.45) is 17.3 Å². The molecule has 1 N–H and O–H groups in total. The van der Waals surface area contributed by atoms with Crippen LogP contribution in [0.25, 0.3) is 0 Å². The number of benzene rings is 1. The molecule has 0 radical (unpaired) electrons. The Balaban J connectivity index is 1.51. The number of nitrogens with zero attached hydrogens (tertiary/aromatic N) is 1. The molecule has 0 heterocycles. The fraction of sp³-hybridized carbons (Fsp3) is 0.680. The zero-order valence-corrected chi connectivity index (χ0v) is 17.5. The van der Waals surface area contributed by atoms with E-state index in [1.165, 1.54) is 57.1 Å². The fourth-order valence-corrected chi connectivity index (χ4v) is 6.54. The van der Waals surface area contributed by atoms with Crippen LogP contribution in [-0.2, 0) is 6.42 Å². The summed E-state index contributed by atoms with van der Waals surface area (Å²) in [4.78, 5) is 2.49. The molecule has 3 aliphatic rings. The van der Waals surface area contributed by atoms with E-state index in [1.807, 2.05) is 12.1 Å². The summed E-state index contributed by atoms with van der Waals surface area (Å²) in [6.07, 6.45) is 13.0. The third-order valence-corrected chi connectivity index (χ3v) is 8.10. The number of allylic oxidation sites excluding steroid dienone is 1. The molecule has 0 bridgehead atoms. The van der Waals surface area contributed by atoms with Crippen molar-refractivity contribution in [2.75, 3.05) is 20.1 Å². The Morgan fingerprint density at radius 1 is 1.22 bits per heavy atom. The van der Waals surface area contributed by atoms with Crippen molar-refractivity contribution in [1.82, 2.24) is 4.90 Å². The van der Waals surface area contributed by atoms with E-state index < -0.39 is 0 Å². The summed E-state index contributed by atoms with van der Waals surface area (Å²) >= 11 is 0. The quantitative estimate of drug-likeness (QED) is 0.654. The van der Waals surface area contributed by atoms with Crippen molar-refractivity contribution in [2.45, 2.75) is 71.1 Å². The lowest BCUT2D eigenvalue weighted by molar-refractivity contribution is 0.0811. The van der Waals surface area contributed by atoms with E-state index in [2.05, 4.69) is 37.9 Å². The molecule has 0 saturated heterocycles. The van der Waals surface area contributed by atoms with Gasteiger partial charge in [-0.25, -0.2) is 0 Å². The summed E-state index contributed by atoms with van der Waals surface area (Å²) in [7, 11) is 2.27. The first-order valence-corrected chi connectivity index (χ1v) is 11.2. The van der Waals surface area contributed by atoms with Crippen molar-refractivity contribution in [1.29, 1.82) is 0 Å². The van der Waals surface area contributed by atoms with E-state index in [-0.39, 0.29) is 0 Å². The number of likely N-dealkylation sites (N-methyl/N-ethyl adjacent to an activating group) is 1. The van der Waals surface area contributed by atoms with Gasteiger partial charge < -0.3 is 10.0 Å². The van der Waals surface area contributed by atoms with E-state index >= 15 is 0 Å². The number of aromatic hydroxyl groups is 1. The molecule has 1 aromatic rings. The number of aryl methyl sites for hydroxylation is 1. The maximum atomic E-state index is 9.86. The first-order valence-electron chi connectivity index (χ1n) is 11.2. The molecular formula is C25H37NO. The largest absolute Gasteiger partial charge is 0.508 e. The molecule has 2 heteroatoms. The minimum absolute atomic E-state index is 0.432. The maximum absolute atomic E-state index is 9.86. The lowest BCUT2D eigenvalue weighted by Crippen LogP contribution is -2.40. The van der Waals surface area contributed by atoms with Gasteiger partial charge in [-0.3, -0.25) is 0 Å². The molecule has 27 heavy (non-hydrogen) atoms. The molecule has 148 valence electrons. The van der Waals surface area contributed by atoms with Gasteiger partial charge in [0.2, 0.25) is 0 Å². The molecule has 0 aliphatic heterocycles. The molecule has 0 spiro atoms. The molecule has 4 atom stereocenters. The normalized spacial score (nSPS) is 33.8. The molecule has 2 nitrogen and oxygen atoms in total. The van der Waals surface area contributed by atoms with Gasteiger partial charge in [-0.2, -0.15) is 0 Å². The van der Waals surface area contributed by atoms with E-state index in [9.17, 15) is 5.11 Å². The Bertz CT molecular complexity index is 708. The van der Waals surface area contributed by atoms with E-state index in [4.69, 9.17) is 0 Å². The van der Waals surface area contributed by atoms with Gasteiger partial charge in [0.05, 0.1) is 0 Å². The van der Waals surface area contributed by atoms with Gasteiger partial charge in [-0.05, 0) is 105 Å². The third kappa shape index (κ3) is 3.46. The van der Waals surface area contributed by atoms with Crippen molar-refractivity contribution >= 4 is 0 Å². The first kappa shape index (κ1) is 19.1.